The van der Waals surface area contributed by atoms with E-state index in [1.54, 1.807) is 0 Å². The van der Waals surface area contributed by atoms with E-state index in [2.05, 4.69) is 36.9 Å². The summed E-state index contributed by atoms with van der Waals surface area (Å²) in [5.74, 6) is -14.7. The van der Waals surface area contributed by atoms with Gasteiger partial charge in [-0.15, -0.1) is 0 Å². The molecule has 0 aromatic carbocycles. The van der Waals surface area contributed by atoms with Crippen molar-refractivity contribution in [3.05, 3.63) is 0 Å². The molecule has 28 N–H and O–H groups in total. The predicted octanol–water partition coefficient (Wildman–Crippen LogP) is -14.1. The highest BCUT2D eigenvalue weighted by atomic mass is 16.8. The van der Waals surface area contributed by atoms with Gasteiger partial charge < -0.3 is 169 Å². The third kappa shape index (κ3) is 26.4. The van der Waals surface area contributed by atoms with Crippen LogP contribution in [0.3, 0.4) is 0 Å². The molecule has 0 spiro atoms. The molecule has 0 aromatic rings. The molecule has 4 rings (SSSR count). The summed E-state index contributed by atoms with van der Waals surface area (Å²) < 4.78 is 47.7. The van der Waals surface area contributed by atoms with Crippen molar-refractivity contribution >= 4 is 70.9 Å². The Kier molecular flexibility index (Phi) is 36.5. The van der Waals surface area contributed by atoms with Gasteiger partial charge in [0.15, 0.2) is 36.9 Å². The number of nitrogens with two attached hydrogens (primary N) is 3. The molecule has 4 heterocycles. The van der Waals surface area contributed by atoms with Gasteiger partial charge >= 0.3 is 11.9 Å². The SMILES string of the molecule is CC(=O)N[C@@H]1[C@H](OCCCC(=O)N[C@@H](CCCCN)C(=O)NCC(=O)N[C@@H](CCCN=C(N)N)C(=O)NCC(=O)N[C@@H](CC(=O)O)C(=O)N[C@@H](CO)C(=O)O)O[C@@H](CO)[C@@H](O[C@@H]2O[C@@H](CO)[C@H](O)[C@H](O[C@]3(C(C)=O)CC[C@@H](NC(C)=O)[C@H](C(O)C(O)CO)O3)[C@@H]2O)[C@@H]1O[C@@H]1O[C@@H](O)[C@@H](O)[C@H](O)[C@@H]1O. The van der Waals surface area contributed by atoms with Crippen molar-refractivity contribution in [1.82, 2.24) is 42.5 Å². The van der Waals surface area contributed by atoms with Gasteiger partial charge in [0.1, 0.15) is 110 Å². The maximum atomic E-state index is 13.7. The van der Waals surface area contributed by atoms with Crippen LogP contribution in [0.15, 0.2) is 4.99 Å². The van der Waals surface area contributed by atoms with Crippen molar-refractivity contribution in [2.75, 3.05) is 59.2 Å². The quantitative estimate of drug-likeness (QED) is 0.0153. The lowest BCUT2D eigenvalue weighted by Gasteiger charge is -2.51. The molecule has 0 aliphatic carbocycles. The molecule has 45 nitrogen and oxygen atoms in total. The molecule has 4 aliphatic heterocycles. The average molecular weight is 1490 g/mol. The molecule has 103 heavy (non-hydrogen) atoms. The second-order valence-corrected chi connectivity index (χ2v) is 24.5. The number of hydrogen-bond donors (Lipinski definition) is 25. The number of carbonyl (C=O) groups excluding carboxylic acids is 9. The monoisotopic (exact) mass is 1490 g/mol. The van der Waals surface area contributed by atoms with Crippen molar-refractivity contribution in [2.45, 2.75) is 232 Å². The van der Waals surface area contributed by atoms with Crippen molar-refractivity contribution in [3.63, 3.8) is 0 Å². The van der Waals surface area contributed by atoms with Crippen LogP contribution in [-0.4, -0.2) is 348 Å². The molecule has 4 fully saturated rings. The Labute approximate surface area is 587 Å². The number of hydrogen-bond acceptors (Lipinski definition) is 33. The molecule has 0 aromatic heterocycles. The second-order valence-electron chi connectivity index (χ2n) is 24.5. The van der Waals surface area contributed by atoms with E-state index in [9.17, 15) is 119 Å². The van der Waals surface area contributed by atoms with Crippen LogP contribution in [0.25, 0.3) is 0 Å². The number of aliphatic carboxylic acids is 2. The van der Waals surface area contributed by atoms with Crippen LogP contribution < -0.4 is 59.7 Å². The van der Waals surface area contributed by atoms with Crippen LogP contribution in [0.1, 0.15) is 85.0 Å². The van der Waals surface area contributed by atoms with Crippen LogP contribution in [0.2, 0.25) is 0 Å². The van der Waals surface area contributed by atoms with Crippen molar-refractivity contribution in [1.29, 1.82) is 0 Å². The Morgan fingerprint density at radius 1 is 0.602 bits per heavy atom. The zero-order chi connectivity index (χ0) is 77.2. The van der Waals surface area contributed by atoms with Crippen LogP contribution in [0.5, 0.6) is 0 Å². The second kappa shape index (κ2) is 42.7. The minimum Gasteiger partial charge on any atom is -0.481 e. The number of carboxylic acids is 2. The number of amides is 8. The average Bonchev–Trinajstić information content (AvgIpc) is 0.762. The number of aliphatic imine (C=N–C) groups is 1. The summed E-state index contributed by atoms with van der Waals surface area (Å²) >= 11 is 0. The van der Waals surface area contributed by atoms with E-state index in [1.807, 2.05) is 10.6 Å². The summed E-state index contributed by atoms with van der Waals surface area (Å²) in [5, 5.41) is 165. The van der Waals surface area contributed by atoms with Crippen molar-refractivity contribution in [3.8, 4) is 0 Å². The van der Waals surface area contributed by atoms with E-state index in [4.69, 9.17) is 60.2 Å². The Hall–Kier alpha value is -7.20. The number of carboxylic acid groups (broad SMARTS) is 2. The van der Waals surface area contributed by atoms with E-state index in [0.29, 0.717) is 6.42 Å². The van der Waals surface area contributed by atoms with Gasteiger partial charge in [0.2, 0.25) is 53.0 Å². The number of rotatable bonds is 42. The third-order valence-electron chi connectivity index (χ3n) is 16.5. The smallest absolute Gasteiger partial charge is 0.328 e. The van der Waals surface area contributed by atoms with Crippen molar-refractivity contribution < 1.29 is 162 Å². The lowest BCUT2D eigenvalue weighted by atomic mass is 9.89. The molecule has 4 aliphatic rings. The summed E-state index contributed by atoms with van der Waals surface area (Å²) in [6.45, 7) is -3.27. The number of unbranched alkanes of at least 4 members (excludes halogenated alkanes) is 1. The van der Waals surface area contributed by atoms with Gasteiger partial charge in [-0.05, 0) is 51.5 Å². The van der Waals surface area contributed by atoms with Gasteiger partial charge in [0.25, 0.3) is 0 Å². The number of ether oxygens (including phenoxy) is 8. The number of carbonyl (C=O) groups is 11. The fourth-order valence-corrected chi connectivity index (χ4v) is 11.2. The molecular weight excluding hydrogens is 1390 g/mol. The predicted molar refractivity (Wildman–Crippen MR) is 338 cm³/mol. The van der Waals surface area contributed by atoms with E-state index >= 15 is 0 Å². The first-order valence-electron chi connectivity index (χ1n) is 32.7. The van der Waals surface area contributed by atoms with E-state index in [0.717, 1.165) is 20.8 Å². The van der Waals surface area contributed by atoms with Crippen LogP contribution >= 0.6 is 0 Å². The Bertz CT molecular complexity index is 2850. The molecule has 24 atom stereocenters. The number of Topliss-reactive ketones (excluding diaryl/α,β-unsaturated/α-hetero) is 1. The summed E-state index contributed by atoms with van der Waals surface area (Å²) in [7, 11) is 0. The Morgan fingerprint density at radius 3 is 1.72 bits per heavy atom. The number of nitrogens with zero attached hydrogens (tertiary/aromatic N) is 1. The standard InChI is InChI=1S/C58H98N12O33/c1-23(75)58(12-11-26(65-24(2)76)45(102-58)39(84)31(78)20-72)103-48-40(85)32(21-73)97-56(44(48)89)99-46-33(22-74)98-54(38(66-25(3)77)47(46)100-55-43(88)41(86)42(87)53(95)101-55)96-15-7-10-34(79)67-27(8-4-5-13-59)49(90)63-17-35(80)68-28(9-6-14-62-57(60)61)50(91)64-18-36(81)69-29(16-37(82)83)51(92)70-30(19-71)52(93)94/h26-33,38-48,53-56,71-74,78,84-89,95H,4-22,59H2,1-3H3,(H,63,90)(H,64,91)(H,65,76)(H,66,77)(H,67,79)(H,68,80)(H,69,81)(H,70,92)(H,82,83)(H,93,94)(H4,60,61,62)/t26-,27+,28+,29+,30+,31?,32+,33+,38+,39?,40+,41+,42+,43+,44+,45-,46-,47-,48+,53-,54-,55-,56+,58+/m1/s1. The van der Waals surface area contributed by atoms with Crippen LogP contribution in [0, 0.1) is 0 Å². The molecule has 0 bridgehead atoms. The zero-order valence-electron chi connectivity index (χ0n) is 56.4. The van der Waals surface area contributed by atoms with Crippen molar-refractivity contribution in [2.24, 2.45) is 22.2 Å². The fourth-order valence-electron chi connectivity index (χ4n) is 11.2. The van der Waals surface area contributed by atoms with Crippen LogP contribution in [-0.2, 0) is 90.6 Å². The normalized spacial score (nSPS) is 30.2. The summed E-state index contributed by atoms with van der Waals surface area (Å²) in [5.41, 5.74) is 16.5. The topological polar surface area (TPSA) is 731 Å². The number of aliphatic hydroxyl groups excluding tert-OH is 12. The lowest BCUT2D eigenvalue weighted by Crippen LogP contribution is -2.70. The van der Waals surface area contributed by atoms with Gasteiger partial charge in [-0.3, -0.25) is 52.9 Å². The van der Waals surface area contributed by atoms with Gasteiger partial charge in [-0.25, -0.2) is 4.79 Å². The molecule has 8 amide bonds. The highest BCUT2D eigenvalue weighted by molar-refractivity contribution is 5.96. The largest absolute Gasteiger partial charge is 0.481 e. The van der Waals surface area contributed by atoms with Gasteiger partial charge in [0, 0.05) is 40.2 Å². The third-order valence-corrected chi connectivity index (χ3v) is 16.5. The van der Waals surface area contributed by atoms with Gasteiger partial charge in [0.05, 0.1) is 58.6 Å². The minimum absolute atomic E-state index is 0.0362. The van der Waals surface area contributed by atoms with E-state index in [1.165, 1.54) is 0 Å². The first-order valence-corrected chi connectivity index (χ1v) is 32.7. The molecule has 4 saturated heterocycles. The van der Waals surface area contributed by atoms with Gasteiger partial charge in [-0.2, -0.15) is 0 Å². The summed E-state index contributed by atoms with van der Waals surface area (Å²) in [4.78, 5) is 145. The van der Waals surface area contributed by atoms with E-state index < -0.39 is 277 Å². The number of ketones is 1. The molecular formula is C58H98N12O33. The molecule has 2 unspecified atom stereocenters. The first-order chi connectivity index (χ1) is 48.6. The molecule has 0 radical (unpaired) electrons. The molecule has 588 valence electrons. The Balaban J connectivity index is 1.53. The Morgan fingerprint density at radius 2 is 1.17 bits per heavy atom. The molecule has 45 heteroatoms. The van der Waals surface area contributed by atoms with Gasteiger partial charge in [-0.1, -0.05) is 0 Å². The van der Waals surface area contributed by atoms with E-state index in [-0.39, 0.29) is 57.6 Å². The fraction of sp³-hybridized carbons (Fsp3) is 0.793. The van der Waals surface area contributed by atoms with Crippen LogP contribution in [0.4, 0.5) is 0 Å². The highest BCUT2D eigenvalue weighted by Gasteiger charge is 2.59. The maximum absolute atomic E-state index is 13.7. The number of guanidine groups is 1. The molecule has 0 saturated carbocycles. The number of aliphatic hydroxyl groups is 12. The lowest BCUT2D eigenvalue weighted by molar-refractivity contribution is -0.394. The summed E-state index contributed by atoms with van der Waals surface area (Å²) in [6, 6.07) is -9.39. The zero-order valence-corrected chi connectivity index (χ0v) is 56.4. The maximum Gasteiger partial charge on any atom is 0.328 e. The highest BCUT2D eigenvalue weighted by Crippen LogP contribution is 2.39. The summed E-state index contributed by atoms with van der Waals surface area (Å²) in [6.07, 6.45) is -36.4. The number of nitrogens with one attached hydrogen (secondary N) is 8. The minimum atomic E-state index is -2.54. The first kappa shape index (κ1) is 88.2.